The maximum atomic E-state index is 12.3. The van der Waals surface area contributed by atoms with Gasteiger partial charge in [0.1, 0.15) is 11.5 Å². The number of fused-ring (bicyclic) bond motifs is 1. The topological polar surface area (TPSA) is 72.8 Å². The lowest BCUT2D eigenvalue weighted by molar-refractivity contribution is 0.483. The van der Waals surface area contributed by atoms with Crippen molar-refractivity contribution in [1.29, 1.82) is 0 Å². The van der Waals surface area contributed by atoms with Crippen molar-refractivity contribution in [3.8, 4) is 17.4 Å². The number of hydrogen-bond acceptors (Lipinski definition) is 4. The number of nitrogens with zero attached hydrogens (tertiary/aromatic N) is 3. The molecule has 2 aromatic carbocycles. The highest BCUT2D eigenvalue weighted by Crippen LogP contribution is 2.25. The highest BCUT2D eigenvalue weighted by Gasteiger charge is 2.08. The van der Waals surface area contributed by atoms with Gasteiger partial charge in [-0.25, -0.2) is 9.67 Å². The second-order valence-electron chi connectivity index (χ2n) is 5.08. The molecule has 0 aliphatic carbocycles. The van der Waals surface area contributed by atoms with Gasteiger partial charge in [0.25, 0.3) is 5.56 Å². The Labute approximate surface area is 141 Å². The first-order valence-electron chi connectivity index (χ1n) is 7.16. The molecule has 4 rings (SSSR count). The van der Waals surface area contributed by atoms with Gasteiger partial charge in [-0.2, -0.15) is 5.10 Å². The molecule has 0 spiro atoms. The van der Waals surface area contributed by atoms with Gasteiger partial charge in [0.2, 0.25) is 5.95 Å². The molecule has 0 bridgehead atoms. The molecular formula is C17H11ClN4O2. The number of aromatic nitrogens is 4. The Morgan fingerprint density at radius 1 is 1.08 bits per heavy atom. The van der Waals surface area contributed by atoms with Gasteiger partial charge in [-0.15, -0.1) is 0 Å². The van der Waals surface area contributed by atoms with Crippen molar-refractivity contribution in [2.75, 3.05) is 0 Å². The summed E-state index contributed by atoms with van der Waals surface area (Å²) in [7, 11) is 0. The van der Waals surface area contributed by atoms with E-state index >= 15 is 0 Å². The van der Waals surface area contributed by atoms with E-state index in [1.54, 1.807) is 60.9 Å². The van der Waals surface area contributed by atoms with Crippen LogP contribution in [0.5, 0.6) is 11.5 Å². The predicted octanol–water partition coefficient (Wildman–Crippen LogP) is 3.55. The number of hydrogen-bond donors (Lipinski definition) is 1. The standard InChI is InChI=1S/C17H11ClN4O2/c18-11-2-4-12(5-3-11)24-13-6-7-15-14(10-13)16(23)21-17(20-15)22-9-1-8-19-22/h1-10H,(H,20,21,23). The lowest BCUT2D eigenvalue weighted by Gasteiger charge is -2.07. The molecule has 0 fully saturated rings. The summed E-state index contributed by atoms with van der Waals surface area (Å²) in [6.07, 6.45) is 3.33. The first-order valence-corrected chi connectivity index (χ1v) is 7.54. The predicted molar refractivity (Wildman–Crippen MR) is 91.0 cm³/mol. The molecule has 6 nitrogen and oxygen atoms in total. The fraction of sp³-hybridized carbons (Fsp3) is 0. The molecule has 0 aliphatic heterocycles. The van der Waals surface area contributed by atoms with Crippen molar-refractivity contribution in [3.63, 3.8) is 0 Å². The number of halogens is 1. The molecule has 2 aromatic heterocycles. The van der Waals surface area contributed by atoms with Gasteiger partial charge < -0.3 is 4.74 Å². The van der Waals surface area contributed by atoms with Crippen LogP contribution in [0.4, 0.5) is 0 Å². The van der Waals surface area contributed by atoms with E-state index in [0.717, 1.165) is 0 Å². The van der Waals surface area contributed by atoms with Crippen LogP contribution in [0.3, 0.4) is 0 Å². The fourth-order valence-corrected chi connectivity index (χ4v) is 2.44. The molecule has 0 saturated carbocycles. The summed E-state index contributed by atoms with van der Waals surface area (Å²) in [5, 5.41) is 5.14. The van der Waals surface area contributed by atoms with Crippen LogP contribution in [0, 0.1) is 0 Å². The van der Waals surface area contributed by atoms with Crippen molar-refractivity contribution in [2.45, 2.75) is 0 Å². The minimum absolute atomic E-state index is 0.257. The van der Waals surface area contributed by atoms with Crippen LogP contribution < -0.4 is 10.3 Å². The Morgan fingerprint density at radius 3 is 2.62 bits per heavy atom. The second-order valence-corrected chi connectivity index (χ2v) is 5.51. The van der Waals surface area contributed by atoms with Crippen molar-refractivity contribution in [1.82, 2.24) is 19.7 Å². The first kappa shape index (κ1) is 14.5. The quantitative estimate of drug-likeness (QED) is 0.620. The normalized spacial score (nSPS) is 10.9. The number of H-pyrrole nitrogens is 1. The van der Waals surface area contributed by atoms with Crippen LogP contribution in [-0.2, 0) is 0 Å². The van der Waals surface area contributed by atoms with E-state index in [9.17, 15) is 4.79 Å². The average molecular weight is 339 g/mol. The highest BCUT2D eigenvalue weighted by molar-refractivity contribution is 6.30. The molecule has 0 aliphatic rings. The largest absolute Gasteiger partial charge is 0.457 e. The molecule has 4 aromatic rings. The van der Waals surface area contributed by atoms with E-state index < -0.39 is 0 Å². The van der Waals surface area contributed by atoms with E-state index in [4.69, 9.17) is 16.3 Å². The van der Waals surface area contributed by atoms with E-state index in [-0.39, 0.29) is 5.56 Å². The molecule has 1 N–H and O–H groups in total. The van der Waals surface area contributed by atoms with Gasteiger partial charge in [-0.05, 0) is 48.5 Å². The van der Waals surface area contributed by atoms with Crippen LogP contribution in [0.2, 0.25) is 5.02 Å². The molecule has 0 radical (unpaired) electrons. The average Bonchev–Trinajstić information content (AvgIpc) is 3.12. The van der Waals surface area contributed by atoms with Gasteiger partial charge >= 0.3 is 0 Å². The molecular weight excluding hydrogens is 328 g/mol. The molecule has 0 atom stereocenters. The van der Waals surface area contributed by atoms with Crippen LogP contribution in [0.15, 0.2) is 65.7 Å². The number of ether oxygens (including phenoxy) is 1. The maximum absolute atomic E-state index is 12.3. The zero-order valence-corrected chi connectivity index (χ0v) is 13.1. The molecule has 0 amide bonds. The Morgan fingerprint density at radius 2 is 1.88 bits per heavy atom. The van der Waals surface area contributed by atoms with Crippen molar-refractivity contribution in [2.24, 2.45) is 0 Å². The number of rotatable bonds is 3. The molecule has 2 heterocycles. The smallest absolute Gasteiger partial charge is 0.260 e. The zero-order valence-electron chi connectivity index (χ0n) is 12.3. The lowest BCUT2D eigenvalue weighted by Crippen LogP contribution is -2.13. The van der Waals surface area contributed by atoms with Crippen LogP contribution >= 0.6 is 11.6 Å². The van der Waals surface area contributed by atoms with Crippen molar-refractivity contribution < 1.29 is 4.74 Å². The van der Waals surface area contributed by atoms with Crippen molar-refractivity contribution in [3.05, 3.63) is 76.3 Å². The third kappa shape index (κ3) is 2.75. The zero-order chi connectivity index (χ0) is 16.5. The van der Waals surface area contributed by atoms with Gasteiger partial charge in [0, 0.05) is 17.4 Å². The summed E-state index contributed by atoms with van der Waals surface area (Å²) >= 11 is 5.85. The fourth-order valence-electron chi connectivity index (χ4n) is 2.31. The monoisotopic (exact) mass is 338 g/mol. The maximum Gasteiger partial charge on any atom is 0.260 e. The third-order valence-electron chi connectivity index (χ3n) is 3.44. The molecule has 7 heteroatoms. The molecule has 0 unspecified atom stereocenters. The molecule has 0 saturated heterocycles. The second kappa shape index (κ2) is 5.82. The van der Waals surface area contributed by atoms with E-state index in [1.807, 2.05) is 0 Å². The van der Waals surface area contributed by atoms with Gasteiger partial charge in [0.05, 0.1) is 10.9 Å². The third-order valence-corrected chi connectivity index (χ3v) is 3.69. The van der Waals surface area contributed by atoms with E-state index in [0.29, 0.717) is 33.4 Å². The lowest BCUT2D eigenvalue weighted by atomic mass is 10.2. The Bertz CT molecular complexity index is 1060. The summed E-state index contributed by atoms with van der Waals surface area (Å²) in [6, 6.07) is 13.9. The minimum Gasteiger partial charge on any atom is -0.457 e. The van der Waals surface area contributed by atoms with Gasteiger partial charge in [-0.1, -0.05) is 11.6 Å². The van der Waals surface area contributed by atoms with Crippen LogP contribution in [0.1, 0.15) is 0 Å². The Balaban J connectivity index is 1.73. The van der Waals surface area contributed by atoms with Gasteiger partial charge in [0.15, 0.2) is 0 Å². The van der Waals surface area contributed by atoms with E-state index in [1.165, 1.54) is 4.68 Å². The number of benzene rings is 2. The highest BCUT2D eigenvalue weighted by atomic mass is 35.5. The van der Waals surface area contributed by atoms with Gasteiger partial charge in [-0.3, -0.25) is 9.78 Å². The summed E-state index contributed by atoms with van der Waals surface area (Å²) in [5.41, 5.74) is 0.305. The van der Waals surface area contributed by atoms with Crippen LogP contribution in [0.25, 0.3) is 16.9 Å². The SMILES string of the molecule is O=c1[nH]c(-n2cccn2)nc2ccc(Oc3ccc(Cl)cc3)cc12. The number of aromatic amines is 1. The first-order chi connectivity index (χ1) is 11.7. The van der Waals surface area contributed by atoms with Crippen molar-refractivity contribution >= 4 is 22.5 Å². The number of nitrogens with one attached hydrogen (secondary N) is 1. The van der Waals surface area contributed by atoms with Crippen LogP contribution in [-0.4, -0.2) is 19.7 Å². The molecule has 24 heavy (non-hydrogen) atoms. The Kier molecular flexibility index (Phi) is 3.51. The Hall–Kier alpha value is -3.12. The summed E-state index contributed by atoms with van der Waals surface area (Å²) in [4.78, 5) is 19.5. The summed E-state index contributed by atoms with van der Waals surface area (Å²) in [6.45, 7) is 0. The summed E-state index contributed by atoms with van der Waals surface area (Å²) < 4.78 is 7.24. The minimum atomic E-state index is -0.257. The van der Waals surface area contributed by atoms with E-state index in [2.05, 4.69) is 15.1 Å². The summed E-state index contributed by atoms with van der Waals surface area (Å²) in [5.74, 6) is 1.55. The molecule has 118 valence electrons.